The van der Waals surface area contributed by atoms with Crippen LogP contribution >= 0.6 is 0 Å². The molecule has 0 aliphatic heterocycles. The number of nitrogens with zero attached hydrogens (tertiary/aromatic N) is 2. The molecule has 0 amide bonds. The number of anilines is 3. The van der Waals surface area contributed by atoms with Gasteiger partial charge in [0.25, 0.3) is 0 Å². The third-order valence-corrected chi connectivity index (χ3v) is 13.8. The predicted molar refractivity (Wildman–Crippen MR) is 284 cm³/mol. The number of para-hydroxylation sites is 2. The summed E-state index contributed by atoms with van der Waals surface area (Å²) in [5.41, 5.74) is 15.8. The van der Waals surface area contributed by atoms with E-state index in [0.717, 1.165) is 29.9 Å². The lowest BCUT2D eigenvalue weighted by atomic mass is 9.81. The summed E-state index contributed by atoms with van der Waals surface area (Å²) in [5, 5.41) is 7.65. The molecule has 1 unspecified atom stereocenters. The molecule has 2 nitrogen and oxygen atoms in total. The van der Waals surface area contributed by atoms with Crippen molar-refractivity contribution < 1.29 is 0 Å². The number of benzene rings is 10. The van der Waals surface area contributed by atoms with Gasteiger partial charge in [-0.1, -0.05) is 197 Å². The quantitative estimate of drug-likeness (QED) is 0.0829. The minimum atomic E-state index is 0.406. The van der Waals surface area contributed by atoms with Crippen molar-refractivity contribution in [2.24, 2.45) is 0 Å². The van der Waals surface area contributed by atoms with Gasteiger partial charge in [-0.3, -0.25) is 0 Å². The van der Waals surface area contributed by atoms with Crippen LogP contribution in [0.2, 0.25) is 0 Å². The number of aromatic nitrogens is 1. The van der Waals surface area contributed by atoms with E-state index in [0.29, 0.717) is 5.92 Å². The molecule has 0 bridgehead atoms. The predicted octanol–water partition coefficient (Wildman–Crippen LogP) is 18.6. The highest BCUT2D eigenvalue weighted by molar-refractivity contribution is 6.19. The van der Waals surface area contributed by atoms with E-state index < -0.39 is 0 Å². The van der Waals surface area contributed by atoms with Gasteiger partial charge in [0.15, 0.2) is 0 Å². The first-order valence-electron chi connectivity index (χ1n) is 23.9. The summed E-state index contributed by atoms with van der Waals surface area (Å²) in [6.07, 6.45) is 5.92. The molecule has 0 N–H and O–H groups in total. The normalized spacial score (nSPS) is 12.0. The van der Waals surface area contributed by atoms with Crippen molar-refractivity contribution >= 4 is 60.4 Å². The molecule has 0 aliphatic rings. The lowest BCUT2D eigenvalue weighted by Crippen LogP contribution is -2.13. The summed E-state index contributed by atoms with van der Waals surface area (Å²) in [6, 6.07) is 83.1. The fourth-order valence-corrected chi connectivity index (χ4v) is 10.5. The summed E-state index contributed by atoms with van der Waals surface area (Å²) >= 11 is 0. The van der Waals surface area contributed by atoms with Gasteiger partial charge in [-0.05, 0) is 129 Å². The van der Waals surface area contributed by atoms with Crippen LogP contribution in [-0.2, 0) is 0 Å². The van der Waals surface area contributed by atoms with Crippen LogP contribution in [0.4, 0.5) is 17.1 Å². The van der Waals surface area contributed by atoms with E-state index in [1.165, 1.54) is 107 Å². The second kappa shape index (κ2) is 18.1. The van der Waals surface area contributed by atoms with Crippen LogP contribution in [0.15, 0.2) is 224 Å². The molecule has 10 aromatic carbocycles. The molecule has 11 rings (SSSR count). The maximum atomic E-state index is 2.56. The SMILES string of the molecule is CCCCCC(CC)c1c2cc(-c3ccccc3)ccc2c(N(c2ccc(-c3ccccc3)cc2)c2ccc3c(c2)c2ccccc2n3-c2ccccc2)c2cc(-c3ccccc3)ccc12. The van der Waals surface area contributed by atoms with Crippen molar-refractivity contribution in [1.82, 2.24) is 4.57 Å². The van der Waals surface area contributed by atoms with E-state index >= 15 is 0 Å². The standard InChI is InChI=1S/C64H54N2/c1-3-5-10-21-45(4-2)63-56-39-34-51(48-26-15-8-16-27-48)43-60(56)64(57-40-35-50(42-59(57)63)47-24-13-7-14-25-47)65(53-36-32-49(33-37-53)46-22-11-6-12-23-46)54-38-41-62-58(44-54)55-30-19-20-31-61(55)66(62)52-28-17-9-18-29-52/h6-9,11-20,22-45H,3-5,10,21H2,1-2H3. The van der Waals surface area contributed by atoms with Crippen LogP contribution in [0.5, 0.6) is 0 Å². The molecule has 0 radical (unpaired) electrons. The first-order valence-corrected chi connectivity index (χ1v) is 23.9. The number of rotatable bonds is 13. The Hall–Kier alpha value is -7.68. The van der Waals surface area contributed by atoms with Gasteiger partial charge in [-0.25, -0.2) is 0 Å². The summed E-state index contributed by atoms with van der Waals surface area (Å²) in [6.45, 7) is 4.71. The molecule has 320 valence electrons. The molecule has 1 aromatic heterocycles. The number of fused-ring (bicyclic) bond motifs is 5. The van der Waals surface area contributed by atoms with Gasteiger partial charge in [-0.15, -0.1) is 0 Å². The summed E-state index contributed by atoms with van der Waals surface area (Å²) in [4.78, 5) is 2.56. The Morgan fingerprint density at radius 2 is 0.894 bits per heavy atom. The van der Waals surface area contributed by atoms with Crippen molar-refractivity contribution in [2.75, 3.05) is 4.90 Å². The Balaban J connectivity index is 1.25. The first kappa shape index (κ1) is 41.1. The Kier molecular flexibility index (Phi) is 11.2. The van der Waals surface area contributed by atoms with Gasteiger partial charge in [0.1, 0.15) is 0 Å². The largest absolute Gasteiger partial charge is 0.309 e. The van der Waals surface area contributed by atoms with Crippen molar-refractivity contribution in [2.45, 2.75) is 51.9 Å². The Morgan fingerprint density at radius 3 is 1.53 bits per heavy atom. The summed E-state index contributed by atoms with van der Waals surface area (Å²) in [7, 11) is 0. The van der Waals surface area contributed by atoms with Crippen molar-refractivity contribution in [3.63, 3.8) is 0 Å². The zero-order chi connectivity index (χ0) is 44.4. The minimum absolute atomic E-state index is 0.406. The highest BCUT2D eigenvalue weighted by Crippen LogP contribution is 2.51. The lowest BCUT2D eigenvalue weighted by Gasteiger charge is -2.31. The van der Waals surface area contributed by atoms with E-state index in [4.69, 9.17) is 0 Å². The van der Waals surface area contributed by atoms with Crippen LogP contribution in [-0.4, -0.2) is 4.57 Å². The van der Waals surface area contributed by atoms with Gasteiger partial charge in [0.05, 0.1) is 16.7 Å². The van der Waals surface area contributed by atoms with Gasteiger partial charge >= 0.3 is 0 Å². The Labute approximate surface area is 389 Å². The minimum Gasteiger partial charge on any atom is -0.309 e. The molecule has 66 heavy (non-hydrogen) atoms. The first-order chi connectivity index (χ1) is 32.7. The van der Waals surface area contributed by atoms with Gasteiger partial charge in [0.2, 0.25) is 0 Å². The number of unbranched alkanes of at least 4 members (excludes halogenated alkanes) is 2. The second-order valence-electron chi connectivity index (χ2n) is 17.8. The van der Waals surface area contributed by atoms with E-state index in [2.05, 4.69) is 248 Å². The molecule has 0 aliphatic carbocycles. The summed E-state index contributed by atoms with van der Waals surface area (Å²) in [5.74, 6) is 0.406. The maximum absolute atomic E-state index is 2.56. The third-order valence-electron chi connectivity index (χ3n) is 13.8. The van der Waals surface area contributed by atoms with Gasteiger partial charge in [0, 0.05) is 38.6 Å². The highest BCUT2D eigenvalue weighted by atomic mass is 15.1. The summed E-state index contributed by atoms with van der Waals surface area (Å²) < 4.78 is 2.41. The molecule has 0 saturated carbocycles. The molecular weight excluding hydrogens is 797 g/mol. The highest BCUT2D eigenvalue weighted by Gasteiger charge is 2.26. The Morgan fingerprint density at radius 1 is 0.379 bits per heavy atom. The fourth-order valence-electron chi connectivity index (χ4n) is 10.5. The van der Waals surface area contributed by atoms with Crippen molar-refractivity contribution in [3.8, 4) is 39.1 Å². The third kappa shape index (κ3) is 7.53. The monoisotopic (exact) mass is 850 g/mol. The molecule has 1 atom stereocenters. The van der Waals surface area contributed by atoms with Gasteiger partial charge < -0.3 is 9.47 Å². The van der Waals surface area contributed by atoms with Crippen LogP contribution < -0.4 is 4.90 Å². The Bertz CT molecular complexity index is 3440. The van der Waals surface area contributed by atoms with Gasteiger partial charge in [-0.2, -0.15) is 0 Å². The average molecular weight is 851 g/mol. The number of hydrogen-bond acceptors (Lipinski definition) is 1. The molecule has 0 spiro atoms. The topological polar surface area (TPSA) is 8.17 Å². The smallest absolute Gasteiger partial charge is 0.0618 e. The van der Waals surface area contributed by atoms with E-state index in [9.17, 15) is 0 Å². The van der Waals surface area contributed by atoms with Crippen LogP contribution in [0, 0.1) is 0 Å². The van der Waals surface area contributed by atoms with E-state index in [1.807, 2.05) is 0 Å². The van der Waals surface area contributed by atoms with Crippen LogP contribution in [0.1, 0.15) is 57.4 Å². The van der Waals surface area contributed by atoms with Crippen LogP contribution in [0.25, 0.3) is 82.4 Å². The maximum Gasteiger partial charge on any atom is 0.0618 e. The van der Waals surface area contributed by atoms with E-state index in [-0.39, 0.29) is 0 Å². The lowest BCUT2D eigenvalue weighted by molar-refractivity contribution is 0.558. The molecule has 11 aromatic rings. The molecule has 2 heteroatoms. The molecule has 0 saturated heterocycles. The van der Waals surface area contributed by atoms with Crippen molar-refractivity contribution in [1.29, 1.82) is 0 Å². The molecular formula is C64H54N2. The van der Waals surface area contributed by atoms with E-state index in [1.54, 1.807) is 0 Å². The fraction of sp³-hybridized carbons (Fsp3) is 0.125. The zero-order valence-electron chi connectivity index (χ0n) is 37.9. The average Bonchev–Trinajstić information content (AvgIpc) is 3.72. The molecule has 1 heterocycles. The zero-order valence-corrected chi connectivity index (χ0v) is 37.9. The number of hydrogen-bond donors (Lipinski definition) is 0. The second-order valence-corrected chi connectivity index (χ2v) is 17.8. The van der Waals surface area contributed by atoms with Crippen molar-refractivity contribution in [3.05, 3.63) is 230 Å². The molecule has 0 fully saturated rings. The van der Waals surface area contributed by atoms with Crippen LogP contribution in [0.3, 0.4) is 0 Å².